The van der Waals surface area contributed by atoms with Crippen LogP contribution in [0, 0.1) is 16.3 Å². The van der Waals surface area contributed by atoms with Crippen LogP contribution in [0.3, 0.4) is 0 Å². The number of pyridine rings is 1. The minimum absolute atomic E-state index is 0.0319. The summed E-state index contributed by atoms with van der Waals surface area (Å²) in [4.78, 5) is 38.7. The van der Waals surface area contributed by atoms with E-state index < -0.39 is 17.1 Å². The molecule has 0 aliphatic heterocycles. The molecule has 0 aliphatic carbocycles. The Balaban J connectivity index is 2.61. The Labute approximate surface area is 142 Å². The molecule has 8 heteroatoms. The number of aryl methyl sites for hydroxylation is 2. The molecule has 23 heavy (non-hydrogen) atoms. The lowest BCUT2D eigenvalue weighted by atomic mass is 10.2. The van der Waals surface area contributed by atoms with Crippen molar-refractivity contribution in [1.82, 2.24) is 14.1 Å². The van der Waals surface area contributed by atoms with Gasteiger partial charge >= 0.3 is 5.69 Å². The van der Waals surface area contributed by atoms with Crippen LogP contribution >= 0.6 is 22.6 Å². The highest BCUT2D eigenvalue weighted by atomic mass is 127. The van der Waals surface area contributed by atoms with Crippen LogP contribution in [-0.2, 0) is 7.05 Å². The average Bonchev–Trinajstić information content (AvgIpc) is 2.47. The number of halogens is 2. The average molecular weight is 427 g/mol. The van der Waals surface area contributed by atoms with Crippen LogP contribution in [0.15, 0.2) is 38.6 Å². The molecule has 0 atom stereocenters. The normalized spacial score (nSPS) is 11.1. The van der Waals surface area contributed by atoms with Crippen LogP contribution in [0.4, 0.5) is 4.39 Å². The third kappa shape index (κ3) is 2.42. The first-order valence-electron chi connectivity index (χ1n) is 6.62. The number of aromatic amines is 1. The van der Waals surface area contributed by atoms with E-state index in [1.807, 2.05) is 22.6 Å². The van der Waals surface area contributed by atoms with E-state index in [-0.39, 0.29) is 22.3 Å². The standard InChI is InChI=1S/C15H11FIN3O3/c1-7-5-9-12(21)18-15(23)20(13(9)19(2)14(7)22)11-4-3-8(17)6-10(11)16/h3-6H,1-2H3,(H,18,21,23). The minimum Gasteiger partial charge on any atom is -0.296 e. The number of nitrogens with zero attached hydrogens (tertiary/aromatic N) is 2. The summed E-state index contributed by atoms with van der Waals surface area (Å²) < 4.78 is 17.2. The third-order valence-corrected chi connectivity index (χ3v) is 4.26. The molecular formula is C15H11FIN3O3. The van der Waals surface area contributed by atoms with E-state index in [2.05, 4.69) is 4.98 Å². The first-order chi connectivity index (χ1) is 10.8. The largest absolute Gasteiger partial charge is 0.334 e. The van der Waals surface area contributed by atoms with Gasteiger partial charge in [-0.15, -0.1) is 0 Å². The number of fused-ring (bicyclic) bond motifs is 1. The molecule has 3 rings (SSSR count). The second kappa shape index (κ2) is 5.44. The van der Waals surface area contributed by atoms with Gasteiger partial charge in [-0.1, -0.05) is 0 Å². The summed E-state index contributed by atoms with van der Waals surface area (Å²) >= 11 is 1.95. The van der Waals surface area contributed by atoms with Gasteiger partial charge in [0, 0.05) is 16.2 Å². The summed E-state index contributed by atoms with van der Waals surface area (Å²) in [6.45, 7) is 1.57. The highest BCUT2D eigenvalue weighted by Crippen LogP contribution is 2.18. The number of hydrogen-bond acceptors (Lipinski definition) is 3. The predicted molar refractivity (Wildman–Crippen MR) is 92.8 cm³/mol. The van der Waals surface area contributed by atoms with E-state index in [0.717, 1.165) is 4.57 Å². The summed E-state index contributed by atoms with van der Waals surface area (Å²) in [6, 6.07) is 5.73. The molecule has 0 bridgehead atoms. The summed E-state index contributed by atoms with van der Waals surface area (Å²) in [5.41, 5.74) is -1.40. The van der Waals surface area contributed by atoms with Gasteiger partial charge in [0.25, 0.3) is 11.1 Å². The summed E-state index contributed by atoms with van der Waals surface area (Å²) in [5, 5.41) is 0.141. The van der Waals surface area contributed by atoms with Crippen molar-refractivity contribution in [2.75, 3.05) is 0 Å². The van der Waals surface area contributed by atoms with Crippen molar-refractivity contribution in [1.29, 1.82) is 0 Å². The molecule has 1 N–H and O–H groups in total. The van der Waals surface area contributed by atoms with Gasteiger partial charge in [0.05, 0.1) is 11.1 Å². The van der Waals surface area contributed by atoms with E-state index in [1.165, 1.54) is 29.8 Å². The van der Waals surface area contributed by atoms with Crippen LogP contribution in [0.5, 0.6) is 0 Å². The second-order valence-electron chi connectivity index (χ2n) is 5.12. The van der Waals surface area contributed by atoms with E-state index in [0.29, 0.717) is 9.13 Å². The monoisotopic (exact) mass is 427 g/mol. The molecule has 2 heterocycles. The zero-order chi connectivity index (χ0) is 16.9. The van der Waals surface area contributed by atoms with E-state index >= 15 is 0 Å². The van der Waals surface area contributed by atoms with Gasteiger partial charge in [-0.3, -0.25) is 19.1 Å². The quantitative estimate of drug-likeness (QED) is 0.598. The van der Waals surface area contributed by atoms with Crippen molar-refractivity contribution in [3.63, 3.8) is 0 Å². The predicted octanol–water partition coefficient (Wildman–Crippen LogP) is 1.43. The van der Waals surface area contributed by atoms with Crippen LogP contribution in [-0.4, -0.2) is 14.1 Å². The fourth-order valence-electron chi connectivity index (χ4n) is 2.52. The summed E-state index contributed by atoms with van der Waals surface area (Å²) in [5.74, 6) is -0.625. The van der Waals surface area contributed by atoms with E-state index in [4.69, 9.17) is 0 Å². The Morgan fingerprint density at radius 1 is 1.17 bits per heavy atom. The molecule has 0 radical (unpaired) electrons. The Bertz CT molecular complexity index is 1130. The molecule has 2 aromatic heterocycles. The third-order valence-electron chi connectivity index (χ3n) is 3.59. The second-order valence-corrected chi connectivity index (χ2v) is 6.36. The van der Waals surface area contributed by atoms with Crippen LogP contribution in [0.25, 0.3) is 16.7 Å². The molecule has 0 saturated carbocycles. The molecule has 1 aromatic carbocycles. The highest BCUT2D eigenvalue weighted by Gasteiger charge is 2.16. The Morgan fingerprint density at radius 3 is 2.52 bits per heavy atom. The van der Waals surface area contributed by atoms with Crippen molar-refractivity contribution in [2.45, 2.75) is 6.92 Å². The van der Waals surface area contributed by atoms with Gasteiger partial charge < -0.3 is 0 Å². The maximum absolute atomic E-state index is 14.3. The molecule has 6 nitrogen and oxygen atoms in total. The van der Waals surface area contributed by atoms with Crippen molar-refractivity contribution in [3.8, 4) is 5.69 Å². The van der Waals surface area contributed by atoms with Crippen LogP contribution < -0.4 is 16.8 Å². The van der Waals surface area contributed by atoms with Gasteiger partial charge in [-0.25, -0.2) is 13.8 Å². The van der Waals surface area contributed by atoms with Crippen molar-refractivity contribution < 1.29 is 4.39 Å². The fraction of sp³-hybridized carbons (Fsp3) is 0.133. The molecule has 0 spiro atoms. The first kappa shape index (κ1) is 15.7. The van der Waals surface area contributed by atoms with Gasteiger partial charge in [0.2, 0.25) is 0 Å². The molecule has 0 amide bonds. The Kier molecular flexibility index (Phi) is 3.71. The Hall–Kier alpha value is -2.23. The van der Waals surface area contributed by atoms with Crippen molar-refractivity contribution >= 4 is 33.6 Å². The SMILES string of the molecule is Cc1cc2c(=O)[nH]c(=O)n(-c3ccc(I)cc3F)c2n(C)c1=O. The molecule has 118 valence electrons. The van der Waals surface area contributed by atoms with Gasteiger partial charge in [-0.05, 0) is 53.8 Å². The maximum atomic E-state index is 14.3. The van der Waals surface area contributed by atoms with Crippen LogP contribution in [0.2, 0.25) is 0 Å². The topological polar surface area (TPSA) is 76.9 Å². The maximum Gasteiger partial charge on any atom is 0.334 e. The molecule has 0 aliphatic rings. The van der Waals surface area contributed by atoms with E-state index in [1.54, 1.807) is 13.0 Å². The lowest BCUT2D eigenvalue weighted by Gasteiger charge is -2.14. The molecule has 0 saturated heterocycles. The zero-order valence-corrected chi connectivity index (χ0v) is 14.3. The van der Waals surface area contributed by atoms with Gasteiger partial charge in [0.15, 0.2) is 0 Å². The number of rotatable bonds is 1. The number of hydrogen-bond donors (Lipinski definition) is 1. The zero-order valence-electron chi connectivity index (χ0n) is 12.2. The lowest BCUT2D eigenvalue weighted by molar-refractivity contribution is 0.613. The van der Waals surface area contributed by atoms with Crippen molar-refractivity contribution in [3.05, 3.63) is 70.4 Å². The highest BCUT2D eigenvalue weighted by molar-refractivity contribution is 14.1. The summed E-state index contributed by atoms with van der Waals surface area (Å²) in [7, 11) is 1.44. The number of nitrogens with one attached hydrogen (secondary N) is 1. The smallest absolute Gasteiger partial charge is 0.296 e. The van der Waals surface area contributed by atoms with Gasteiger partial charge in [0.1, 0.15) is 11.5 Å². The number of aromatic nitrogens is 3. The van der Waals surface area contributed by atoms with E-state index in [9.17, 15) is 18.8 Å². The fourth-order valence-corrected chi connectivity index (χ4v) is 2.98. The first-order valence-corrected chi connectivity index (χ1v) is 7.70. The summed E-state index contributed by atoms with van der Waals surface area (Å²) in [6.07, 6.45) is 0. The van der Waals surface area contributed by atoms with Gasteiger partial charge in [-0.2, -0.15) is 0 Å². The molecule has 3 aromatic rings. The molecule has 0 fully saturated rings. The van der Waals surface area contributed by atoms with Crippen molar-refractivity contribution in [2.24, 2.45) is 7.05 Å². The van der Waals surface area contributed by atoms with Crippen LogP contribution in [0.1, 0.15) is 5.56 Å². The number of H-pyrrole nitrogens is 1. The minimum atomic E-state index is -0.804. The Morgan fingerprint density at radius 2 is 1.87 bits per heavy atom. The lowest BCUT2D eigenvalue weighted by Crippen LogP contribution is -2.34. The molecular weight excluding hydrogens is 416 g/mol. The number of benzene rings is 1. The molecule has 0 unspecified atom stereocenters.